The maximum Gasteiger partial charge on any atom is 0.315 e. The van der Waals surface area contributed by atoms with Crippen LogP contribution in [-0.4, -0.2) is 11.0 Å². The number of carbonyl (C=O) groups is 1. The van der Waals surface area contributed by atoms with Gasteiger partial charge in [0.2, 0.25) is 0 Å². The molecule has 0 saturated heterocycles. The lowest BCUT2D eigenvalue weighted by atomic mass is 10.2. The minimum absolute atomic E-state index is 0.0494. The topological polar surface area (TPSA) is 54.0 Å². The van der Waals surface area contributed by atoms with Gasteiger partial charge in [-0.15, -0.1) is 11.3 Å². The SMILES string of the molecule is CCC(NC(=O)NCc1cc(F)cc(F)c1)c1nc(C)cs1. The highest BCUT2D eigenvalue weighted by Gasteiger charge is 2.15. The fraction of sp³-hybridized carbons (Fsp3) is 0.333. The molecule has 0 radical (unpaired) electrons. The molecule has 0 aliphatic heterocycles. The lowest BCUT2D eigenvalue weighted by molar-refractivity contribution is 0.236. The van der Waals surface area contributed by atoms with Crippen molar-refractivity contribution >= 4 is 17.4 Å². The summed E-state index contributed by atoms with van der Waals surface area (Å²) in [7, 11) is 0. The minimum atomic E-state index is -0.665. The largest absolute Gasteiger partial charge is 0.334 e. The Kier molecular flexibility index (Phi) is 5.43. The molecule has 0 aliphatic rings. The normalized spacial score (nSPS) is 12.0. The van der Waals surface area contributed by atoms with E-state index in [1.165, 1.54) is 23.5 Å². The van der Waals surface area contributed by atoms with Crippen molar-refractivity contribution in [3.8, 4) is 0 Å². The molecular weight excluding hydrogens is 308 g/mol. The Morgan fingerprint density at radius 3 is 2.55 bits per heavy atom. The van der Waals surface area contributed by atoms with Crippen molar-refractivity contribution < 1.29 is 13.6 Å². The van der Waals surface area contributed by atoms with E-state index in [0.717, 1.165) is 16.8 Å². The van der Waals surface area contributed by atoms with Gasteiger partial charge in [-0.1, -0.05) is 6.92 Å². The Morgan fingerprint density at radius 2 is 2.00 bits per heavy atom. The molecule has 0 fully saturated rings. The number of urea groups is 1. The van der Waals surface area contributed by atoms with Gasteiger partial charge in [-0.3, -0.25) is 0 Å². The molecule has 2 amide bonds. The fourth-order valence-corrected chi connectivity index (χ4v) is 2.91. The van der Waals surface area contributed by atoms with Crippen LogP contribution in [0.5, 0.6) is 0 Å². The first kappa shape index (κ1) is 16.4. The van der Waals surface area contributed by atoms with E-state index in [2.05, 4.69) is 15.6 Å². The summed E-state index contributed by atoms with van der Waals surface area (Å²) in [5.41, 5.74) is 1.28. The van der Waals surface area contributed by atoms with Gasteiger partial charge in [0.25, 0.3) is 0 Å². The van der Waals surface area contributed by atoms with Gasteiger partial charge in [0.05, 0.1) is 6.04 Å². The van der Waals surface area contributed by atoms with E-state index in [9.17, 15) is 13.6 Å². The third kappa shape index (κ3) is 4.49. The maximum absolute atomic E-state index is 13.1. The standard InChI is InChI=1S/C15H17F2N3OS/c1-3-13(14-19-9(2)8-22-14)20-15(21)18-7-10-4-11(16)6-12(17)5-10/h4-6,8,13H,3,7H2,1-2H3,(H2,18,20,21). The number of carbonyl (C=O) groups excluding carboxylic acids is 1. The van der Waals surface area contributed by atoms with Crippen molar-refractivity contribution in [3.05, 3.63) is 51.5 Å². The molecule has 7 heteroatoms. The van der Waals surface area contributed by atoms with Crippen LogP contribution >= 0.6 is 11.3 Å². The zero-order valence-corrected chi connectivity index (χ0v) is 13.1. The number of thiazole rings is 1. The molecule has 1 aromatic carbocycles. The number of rotatable bonds is 5. The molecular formula is C15H17F2N3OS. The Hall–Kier alpha value is -2.02. The lowest BCUT2D eigenvalue weighted by Crippen LogP contribution is -2.37. The molecule has 0 saturated carbocycles. The van der Waals surface area contributed by atoms with Gasteiger partial charge in [-0.25, -0.2) is 18.6 Å². The van der Waals surface area contributed by atoms with Crippen LogP contribution in [0.2, 0.25) is 0 Å². The fourth-order valence-electron chi connectivity index (χ4n) is 1.98. The molecule has 2 rings (SSSR count). The Balaban J connectivity index is 1.91. The first-order valence-electron chi connectivity index (χ1n) is 6.89. The average Bonchev–Trinajstić information content (AvgIpc) is 2.88. The monoisotopic (exact) mass is 325 g/mol. The molecule has 4 nitrogen and oxygen atoms in total. The average molecular weight is 325 g/mol. The first-order valence-corrected chi connectivity index (χ1v) is 7.77. The number of aromatic nitrogens is 1. The second-order valence-corrected chi connectivity index (χ2v) is 5.78. The number of benzene rings is 1. The molecule has 1 aromatic heterocycles. The number of nitrogens with zero attached hydrogens (tertiary/aromatic N) is 1. The van der Waals surface area contributed by atoms with Crippen molar-refractivity contribution in [2.75, 3.05) is 0 Å². The predicted molar refractivity (Wildman–Crippen MR) is 81.6 cm³/mol. The summed E-state index contributed by atoms with van der Waals surface area (Å²) in [5, 5.41) is 8.16. The maximum atomic E-state index is 13.1. The van der Waals surface area contributed by atoms with Crippen LogP contribution in [0.4, 0.5) is 13.6 Å². The van der Waals surface area contributed by atoms with E-state index in [4.69, 9.17) is 0 Å². The quantitative estimate of drug-likeness (QED) is 0.881. The number of hydrogen-bond donors (Lipinski definition) is 2. The zero-order valence-electron chi connectivity index (χ0n) is 12.3. The van der Waals surface area contributed by atoms with Crippen LogP contribution in [0.3, 0.4) is 0 Å². The van der Waals surface area contributed by atoms with Gasteiger partial charge in [0.15, 0.2) is 0 Å². The van der Waals surface area contributed by atoms with Crippen molar-refractivity contribution in [1.82, 2.24) is 15.6 Å². The Labute approximate surface area is 131 Å². The Morgan fingerprint density at radius 1 is 1.32 bits per heavy atom. The molecule has 0 bridgehead atoms. The summed E-state index contributed by atoms with van der Waals surface area (Å²) in [6, 6.07) is 2.59. The van der Waals surface area contributed by atoms with Gasteiger partial charge < -0.3 is 10.6 Å². The summed E-state index contributed by atoms with van der Waals surface area (Å²) in [4.78, 5) is 16.3. The summed E-state index contributed by atoms with van der Waals surface area (Å²) in [6.07, 6.45) is 0.703. The zero-order chi connectivity index (χ0) is 16.1. The molecule has 0 spiro atoms. The lowest BCUT2D eigenvalue weighted by Gasteiger charge is -2.15. The van der Waals surface area contributed by atoms with E-state index in [1.807, 2.05) is 19.2 Å². The van der Waals surface area contributed by atoms with E-state index >= 15 is 0 Å². The van der Waals surface area contributed by atoms with Gasteiger partial charge in [0.1, 0.15) is 16.6 Å². The van der Waals surface area contributed by atoms with Crippen molar-refractivity contribution in [2.24, 2.45) is 0 Å². The molecule has 22 heavy (non-hydrogen) atoms. The molecule has 2 N–H and O–H groups in total. The predicted octanol–water partition coefficient (Wildman–Crippen LogP) is 3.68. The van der Waals surface area contributed by atoms with Gasteiger partial charge in [0, 0.05) is 23.7 Å². The molecule has 2 aromatic rings. The van der Waals surface area contributed by atoms with Crippen LogP contribution in [-0.2, 0) is 6.54 Å². The van der Waals surface area contributed by atoms with Crippen LogP contribution in [0.15, 0.2) is 23.6 Å². The first-order chi connectivity index (χ1) is 10.5. The molecule has 0 aliphatic carbocycles. The van der Waals surface area contributed by atoms with E-state index < -0.39 is 17.7 Å². The summed E-state index contributed by atoms with van der Waals surface area (Å²) in [6.45, 7) is 3.89. The second kappa shape index (κ2) is 7.31. The molecule has 1 atom stereocenters. The van der Waals surface area contributed by atoms with Crippen LogP contribution in [0.1, 0.15) is 35.7 Å². The second-order valence-electron chi connectivity index (χ2n) is 4.89. The summed E-state index contributed by atoms with van der Waals surface area (Å²) < 4.78 is 26.1. The van der Waals surface area contributed by atoms with Crippen molar-refractivity contribution in [3.63, 3.8) is 0 Å². The van der Waals surface area contributed by atoms with E-state index in [-0.39, 0.29) is 12.6 Å². The molecule has 1 unspecified atom stereocenters. The van der Waals surface area contributed by atoms with Crippen LogP contribution in [0.25, 0.3) is 0 Å². The highest BCUT2D eigenvalue weighted by Crippen LogP contribution is 2.20. The highest BCUT2D eigenvalue weighted by molar-refractivity contribution is 7.09. The van der Waals surface area contributed by atoms with Gasteiger partial charge >= 0.3 is 6.03 Å². The van der Waals surface area contributed by atoms with Crippen LogP contribution < -0.4 is 10.6 Å². The van der Waals surface area contributed by atoms with Crippen molar-refractivity contribution in [1.29, 1.82) is 0 Å². The number of nitrogens with one attached hydrogen (secondary N) is 2. The van der Waals surface area contributed by atoms with Crippen LogP contribution in [0, 0.1) is 18.6 Å². The third-order valence-electron chi connectivity index (χ3n) is 3.02. The minimum Gasteiger partial charge on any atom is -0.334 e. The van der Waals surface area contributed by atoms with E-state index in [1.54, 1.807) is 0 Å². The highest BCUT2D eigenvalue weighted by atomic mass is 32.1. The van der Waals surface area contributed by atoms with Gasteiger partial charge in [-0.2, -0.15) is 0 Å². The number of hydrogen-bond acceptors (Lipinski definition) is 3. The number of aryl methyl sites for hydroxylation is 1. The number of halogens is 2. The molecule has 118 valence electrons. The van der Waals surface area contributed by atoms with Gasteiger partial charge in [-0.05, 0) is 31.0 Å². The summed E-state index contributed by atoms with van der Waals surface area (Å²) >= 11 is 1.49. The smallest absolute Gasteiger partial charge is 0.315 e. The number of amides is 2. The third-order valence-corrected chi connectivity index (χ3v) is 4.10. The van der Waals surface area contributed by atoms with E-state index in [0.29, 0.717) is 12.0 Å². The van der Waals surface area contributed by atoms with Crippen molar-refractivity contribution in [2.45, 2.75) is 32.9 Å². The summed E-state index contributed by atoms with van der Waals surface area (Å²) in [5.74, 6) is -1.33. The molecule has 1 heterocycles. The Bertz CT molecular complexity index is 640.